The zero-order valence-electron chi connectivity index (χ0n) is 55.1. The minimum atomic E-state index is -1.29. The summed E-state index contributed by atoms with van der Waals surface area (Å²) in [5.74, 6) is -7.68. The summed E-state index contributed by atoms with van der Waals surface area (Å²) in [6, 6.07) is 12.6. The fraction of sp³-hybridized carbons (Fsp3) is 0.424. The van der Waals surface area contributed by atoms with Gasteiger partial charge in [-0.25, -0.2) is 4.98 Å². The molecule has 5 heterocycles. The number of aromatic hydroxyl groups is 1. The molecule has 2 aliphatic heterocycles. The third-order valence-corrected chi connectivity index (χ3v) is 16.0. The maximum Gasteiger partial charge on any atom is 0.300 e. The second-order valence-electron chi connectivity index (χ2n) is 24.2. The molecular formula is C66H88N18O15. The Morgan fingerprint density at radius 1 is 0.677 bits per heavy atom. The summed E-state index contributed by atoms with van der Waals surface area (Å²) in [7, 11) is 0. The summed E-state index contributed by atoms with van der Waals surface area (Å²) < 4.78 is 0. The number of nitrogens with zero attached hydrogens (tertiary/aromatic N) is 3. The summed E-state index contributed by atoms with van der Waals surface area (Å²) in [6.45, 7) is 4.25. The number of likely N-dealkylation sites (tertiary alicyclic amines) is 1. The first-order chi connectivity index (χ1) is 47.2. The molecule has 3 aromatic heterocycles. The number of aliphatic carboxylic acids is 1. The molecule has 0 spiro atoms. The number of phenols is 1. The quantitative estimate of drug-likeness (QED) is 0.0126. The number of carboxylic acids is 1. The standard InChI is InChI=1S/C42H59N11O9.C22H25N7O4.C2H4O2/c1-24(2)19-31(37(58)50-30(9-5-16-46-42(44)45)41(62)53-17-6-10-34(53)40(61)48-23-35(43)56)51-39(60)33(21-26-22-47-29-8-4-3-7-28(26)29)52-38(59)32(49-36(57)15-18-54)20-25-11-13-27(55)14-12-25;23-20(31)17(7-12-9-25-15-4-2-1-3-14(12)15)28-22(33)18(8-13-10-24-11-26-13)29-21(32)16-5-6-19(30)27-16;1-2(3)4/h3-4,7-8,11-14,22,24,30-34,47,54-55H,5-6,9-10,15-21,23H2,1-2H3,(H2,43,56)(H,48,61)(H,49,57)(H,50,58)(H,51,60)(H,52,59)(H4,44,45,46);1-4,9-11,16-18,25H,5-8H2,(H2,23,31)(H,24,26)(H,27,30)(H,28,33)(H,29,32);1H3,(H,3,4). The zero-order chi connectivity index (χ0) is 72.3. The van der Waals surface area contributed by atoms with Gasteiger partial charge in [-0.15, -0.1) is 0 Å². The van der Waals surface area contributed by atoms with Gasteiger partial charge in [-0.3, -0.25) is 62.5 Å². The number of aliphatic hydroxyl groups excluding tert-OH is 1. The summed E-state index contributed by atoms with van der Waals surface area (Å²) in [6.07, 6.45) is 8.36. The molecule has 8 atom stereocenters. The number of carbonyl (C=O) groups excluding carboxylic acids is 11. The Morgan fingerprint density at radius 3 is 1.78 bits per heavy atom. The topological polar surface area (TPSA) is 542 Å². The van der Waals surface area contributed by atoms with Crippen molar-refractivity contribution >= 4 is 98.7 Å². The third kappa shape index (κ3) is 24.3. The van der Waals surface area contributed by atoms with Gasteiger partial charge in [0.25, 0.3) is 5.97 Å². The average Bonchev–Trinajstić information content (AvgIpc) is 1.72. The number of amides is 11. The third-order valence-electron chi connectivity index (χ3n) is 16.0. The highest BCUT2D eigenvalue weighted by atomic mass is 16.4. The van der Waals surface area contributed by atoms with Gasteiger partial charge in [-0.05, 0) is 85.4 Å². The molecule has 33 heteroatoms. The van der Waals surface area contributed by atoms with Crippen molar-refractivity contribution in [1.29, 1.82) is 0 Å². The number of hydrogen-bond acceptors (Lipinski definition) is 16. The van der Waals surface area contributed by atoms with Crippen molar-refractivity contribution in [2.24, 2.45) is 33.8 Å². The van der Waals surface area contributed by atoms with E-state index in [2.05, 4.69) is 67.5 Å². The van der Waals surface area contributed by atoms with Crippen LogP contribution in [0.2, 0.25) is 0 Å². The van der Waals surface area contributed by atoms with Gasteiger partial charge >= 0.3 is 0 Å². The van der Waals surface area contributed by atoms with Crippen LogP contribution in [-0.2, 0) is 83.2 Å². The highest BCUT2D eigenvalue weighted by molar-refractivity contribution is 5.99. The number of aromatic amines is 3. The summed E-state index contributed by atoms with van der Waals surface area (Å²) in [4.78, 5) is 171. The molecule has 2 saturated heterocycles. The lowest BCUT2D eigenvalue weighted by molar-refractivity contribution is -0.142. The number of H-pyrrole nitrogens is 3. The molecule has 0 saturated carbocycles. The van der Waals surface area contributed by atoms with E-state index in [4.69, 9.17) is 32.8 Å². The molecule has 99 heavy (non-hydrogen) atoms. The number of guanidine groups is 1. The molecule has 11 amide bonds. The molecule has 22 N–H and O–H groups in total. The maximum atomic E-state index is 14.5. The number of nitrogens with one attached hydrogen (secondary N) is 11. The molecule has 8 rings (SSSR count). The Balaban J connectivity index is 0.000000347. The van der Waals surface area contributed by atoms with Gasteiger partial charge in [-0.1, -0.05) is 62.4 Å². The van der Waals surface area contributed by atoms with Gasteiger partial charge in [0, 0.05) is 105 Å². The van der Waals surface area contributed by atoms with Crippen LogP contribution in [0.5, 0.6) is 5.75 Å². The number of fused-ring (bicyclic) bond motifs is 2. The number of aliphatic hydroxyl groups is 1. The Hall–Kier alpha value is -11.4. The van der Waals surface area contributed by atoms with Gasteiger partial charge in [0.1, 0.15) is 54.1 Å². The number of aromatic nitrogens is 4. The number of aliphatic imine (C=N–C) groups is 1. The lowest BCUT2D eigenvalue weighted by Gasteiger charge is -2.30. The fourth-order valence-electron chi connectivity index (χ4n) is 11.2. The summed E-state index contributed by atoms with van der Waals surface area (Å²) in [5.41, 5.74) is 26.2. The number of para-hydroxylation sites is 2. The van der Waals surface area contributed by atoms with Crippen molar-refractivity contribution in [3.05, 3.63) is 120 Å². The number of carboxylic acid groups (broad SMARTS) is 1. The maximum absolute atomic E-state index is 14.5. The highest BCUT2D eigenvalue weighted by Gasteiger charge is 2.40. The molecule has 0 radical (unpaired) electrons. The molecule has 532 valence electrons. The number of rotatable bonds is 32. The van der Waals surface area contributed by atoms with E-state index in [-0.39, 0.29) is 94.4 Å². The Morgan fingerprint density at radius 2 is 1.23 bits per heavy atom. The summed E-state index contributed by atoms with van der Waals surface area (Å²) >= 11 is 0. The van der Waals surface area contributed by atoms with Crippen LogP contribution in [0.4, 0.5) is 0 Å². The lowest BCUT2D eigenvalue weighted by Crippen LogP contribution is -2.60. The first kappa shape index (κ1) is 76.6. The van der Waals surface area contributed by atoms with Crippen LogP contribution in [0, 0.1) is 5.92 Å². The smallest absolute Gasteiger partial charge is 0.300 e. The molecular weight excluding hydrogens is 1280 g/mol. The van der Waals surface area contributed by atoms with Crippen LogP contribution in [0.25, 0.3) is 21.8 Å². The molecule has 2 fully saturated rings. The van der Waals surface area contributed by atoms with Gasteiger partial charge in [0.2, 0.25) is 65.0 Å². The van der Waals surface area contributed by atoms with Crippen molar-refractivity contribution in [2.45, 2.75) is 146 Å². The van der Waals surface area contributed by atoms with Gasteiger partial charge in [-0.2, -0.15) is 0 Å². The summed E-state index contributed by atoms with van der Waals surface area (Å²) in [5, 5.41) is 49.7. The average molecular weight is 1370 g/mol. The zero-order valence-corrected chi connectivity index (χ0v) is 55.1. The van der Waals surface area contributed by atoms with Crippen LogP contribution in [0.1, 0.15) is 94.5 Å². The number of nitrogens with two attached hydrogens (primary N) is 4. The normalized spacial score (nSPS) is 15.7. The minimum absolute atomic E-state index is 0.000794. The number of phenolic OH excluding ortho intramolecular Hbond substituents is 1. The van der Waals surface area contributed by atoms with E-state index in [1.54, 1.807) is 30.7 Å². The van der Waals surface area contributed by atoms with E-state index in [1.807, 2.05) is 62.4 Å². The number of benzene rings is 3. The largest absolute Gasteiger partial charge is 0.508 e. The molecule has 6 aromatic rings. The van der Waals surface area contributed by atoms with Crippen LogP contribution >= 0.6 is 0 Å². The molecule has 2 aliphatic rings. The molecule has 33 nitrogen and oxygen atoms in total. The Labute approximate surface area is 569 Å². The fourth-order valence-corrected chi connectivity index (χ4v) is 11.2. The first-order valence-corrected chi connectivity index (χ1v) is 32.2. The van der Waals surface area contributed by atoms with Crippen molar-refractivity contribution in [3.63, 3.8) is 0 Å². The van der Waals surface area contributed by atoms with E-state index in [0.717, 1.165) is 34.3 Å². The molecule has 3 aromatic carbocycles. The molecule has 0 bridgehead atoms. The van der Waals surface area contributed by atoms with Crippen molar-refractivity contribution in [1.82, 2.24) is 67.4 Å². The van der Waals surface area contributed by atoms with Gasteiger partial charge in [0.15, 0.2) is 5.96 Å². The van der Waals surface area contributed by atoms with Crippen molar-refractivity contribution < 1.29 is 72.9 Å². The lowest BCUT2D eigenvalue weighted by atomic mass is 9.99. The first-order valence-electron chi connectivity index (χ1n) is 32.2. The van der Waals surface area contributed by atoms with E-state index in [9.17, 15) is 63.0 Å². The van der Waals surface area contributed by atoms with E-state index in [1.165, 1.54) is 23.4 Å². The van der Waals surface area contributed by atoms with Crippen molar-refractivity contribution in [2.75, 3.05) is 26.2 Å². The monoisotopic (exact) mass is 1370 g/mol. The second kappa shape index (κ2) is 37.8. The van der Waals surface area contributed by atoms with E-state index in [0.29, 0.717) is 36.1 Å². The molecule has 8 unspecified atom stereocenters. The van der Waals surface area contributed by atoms with Gasteiger partial charge < -0.3 is 101 Å². The number of carbonyl (C=O) groups is 12. The van der Waals surface area contributed by atoms with Crippen LogP contribution in [0.3, 0.4) is 0 Å². The number of primary amides is 2. The van der Waals surface area contributed by atoms with Crippen LogP contribution < -0.4 is 65.5 Å². The number of hydrogen-bond donors (Lipinski definition) is 18. The highest BCUT2D eigenvalue weighted by Crippen LogP contribution is 2.24. The van der Waals surface area contributed by atoms with Crippen LogP contribution in [-0.4, -0.2) is 192 Å². The SMILES string of the molecule is CC(=O)O.CC(C)CC(NC(=O)C(Cc1c[nH]c2ccccc12)NC(=O)C(Cc1ccc(O)cc1)NC(=O)CCO)C(=O)NC(CCCN=C(N)N)C(=O)N1CCCC1C(=O)NCC(N)=O.NC(=O)C(Cc1c[nH]c2ccccc12)NC(=O)C(Cc1cnc[nH]1)NC(=O)C1CCC(=O)N1. The molecule has 0 aliphatic carbocycles. The van der Waals surface area contributed by atoms with E-state index >= 15 is 0 Å². The minimum Gasteiger partial charge on any atom is -0.508 e. The van der Waals surface area contributed by atoms with Crippen LogP contribution in [0.15, 0.2) is 103 Å². The predicted octanol–water partition coefficient (Wildman–Crippen LogP) is -1.83. The second-order valence-corrected chi connectivity index (χ2v) is 24.2. The van der Waals surface area contributed by atoms with Crippen molar-refractivity contribution in [3.8, 4) is 5.75 Å². The Kier molecular flexibility index (Phi) is 29.3. The van der Waals surface area contributed by atoms with E-state index < -0.39 is 127 Å². The van der Waals surface area contributed by atoms with Gasteiger partial charge in [0.05, 0.1) is 19.5 Å². The predicted molar refractivity (Wildman–Crippen MR) is 361 cm³/mol. The number of imidazole rings is 1. The Bertz CT molecular complexity index is 3810.